The zero-order chi connectivity index (χ0) is 8.55. The van der Waals surface area contributed by atoms with Crippen molar-refractivity contribution in [2.24, 2.45) is 0 Å². The molecule has 12 heavy (non-hydrogen) atoms. The van der Waals surface area contributed by atoms with Crippen LogP contribution in [-0.4, -0.2) is 16.2 Å². The molecule has 0 fully saturated rings. The zero-order valence-corrected chi connectivity index (χ0v) is 8.50. The van der Waals surface area contributed by atoms with Crippen LogP contribution in [0.3, 0.4) is 0 Å². The average molecular weight is 196 g/mol. The summed E-state index contributed by atoms with van der Waals surface area (Å²) in [6.07, 6.45) is 3.67. The number of nitrogens with zero attached hydrogens (tertiary/aromatic N) is 2. The van der Waals surface area contributed by atoms with Gasteiger partial charge in [0.05, 0.1) is 10.2 Å². The van der Waals surface area contributed by atoms with Gasteiger partial charge in [-0.1, -0.05) is 0 Å². The summed E-state index contributed by atoms with van der Waals surface area (Å²) in [4.78, 5) is 8.44. The highest BCUT2D eigenvalue weighted by molar-refractivity contribution is 7.98. The van der Waals surface area contributed by atoms with E-state index in [1.165, 1.54) is 10.3 Å². The van der Waals surface area contributed by atoms with E-state index in [1.807, 2.05) is 6.26 Å². The standard InChI is InChI=1S/C8H8N2S2/c1-5-3-12-7-6(5)9-4-10-8(7)11-2/h3-4H,1-2H3. The summed E-state index contributed by atoms with van der Waals surface area (Å²) in [5, 5.41) is 3.21. The van der Waals surface area contributed by atoms with Gasteiger partial charge < -0.3 is 0 Å². The second-order valence-corrected chi connectivity index (χ2v) is 4.15. The van der Waals surface area contributed by atoms with Crippen LogP contribution in [0.5, 0.6) is 0 Å². The third-order valence-corrected chi connectivity index (χ3v) is 3.61. The summed E-state index contributed by atoms with van der Waals surface area (Å²) in [6.45, 7) is 2.08. The molecule has 0 aliphatic rings. The summed E-state index contributed by atoms with van der Waals surface area (Å²) in [6, 6.07) is 0. The summed E-state index contributed by atoms with van der Waals surface area (Å²) >= 11 is 3.39. The molecule has 2 aromatic heterocycles. The zero-order valence-electron chi connectivity index (χ0n) is 6.87. The van der Waals surface area contributed by atoms with Crippen LogP contribution in [0.4, 0.5) is 0 Å². The molecule has 0 aromatic carbocycles. The van der Waals surface area contributed by atoms with E-state index in [-0.39, 0.29) is 0 Å². The molecule has 0 bridgehead atoms. The Bertz CT molecular complexity index is 408. The van der Waals surface area contributed by atoms with Crippen molar-refractivity contribution in [3.05, 3.63) is 17.3 Å². The van der Waals surface area contributed by atoms with Gasteiger partial charge in [0.2, 0.25) is 0 Å². The summed E-state index contributed by atoms with van der Waals surface area (Å²) in [5.41, 5.74) is 2.34. The number of hydrogen-bond donors (Lipinski definition) is 0. The number of aromatic nitrogens is 2. The van der Waals surface area contributed by atoms with E-state index in [0.29, 0.717) is 0 Å². The van der Waals surface area contributed by atoms with Gasteiger partial charge in [0.25, 0.3) is 0 Å². The van der Waals surface area contributed by atoms with E-state index in [1.54, 1.807) is 29.4 Å². The molecular weight excluding hydrogens is 188 g/mol. The molecule has 2 rings (SSSR count). The molecule has 0 aliphatic heterocycles. The maximum absolute atomic E-state index is 4.24. The first kappa shape index (κ1) is 8.01. The van der Waals surface area contributed by atoms with Crippen LogP contribution in [-0.2, 0) is 0 Å². The van der Waals surface area contributed by atoms with Crippen LogP contribution in [0.25, 0.3) is 10.2 Å². The Kier molecular flexibility index (Phi) is 2.02. The Morgan fingerprint density at radius 2 is 2.25 bits per heavy atom. The molecule has 2 nitrogen and oxygen atoms in total. The fourth-order valence-electron chi connectivity index (χ4n) is 1.09. The number of thiophene rings is 1. The second-order valence-electron chi connectivity index (χ2n) is 2.48. The molecule has 0 saturated carbocycles. The average Bonchev–Trinajstić information content (AvgIpc) is 2.48. The van der Waals surface area contributed by atoms with Crippen LogP contribution in [0.2, 0.25) is 0 Å². The van der Waals surface area contributed by atoms with Crippen LogP contribution in [0.15, 0.2) is 16.7 Å². The van der Waals surface area contributed by atoms with Crippen molar-refractivity contribution in [1.82, 2.24) is 9.97 Å². The van der Waals surface area contributed by atoms with Crippen molar-refractivity contribution in [2.75, 3.05) is 6.26 Å². The molecule has 0 aliphatic carbocycles. The maximum atomic E-state index is 4.24. The Morgan fingerprint density at radius 1 is 1.42 bits per heavy atom. The molecule has 4 heteroatoms. The molecule has 0 unspecified atom stereocenters. The Morgan fingerprint density at radius 3 is 3.00 bits per heavy atom. The summed E-state index contributed by atoms with van der Waals surface area (Å²) in [5.74, 6) is 0. The molecule has 0 N–H and O–H groups in total. The number of aryl methyl sites for hydroxylation is 1. The van der Waals surface area contributed by atoms with Crippen molar-refractivity contribution in [3.8, 4) is 0 Å². The third-order valence-electron chi connectivity index (χ3n) is 1.69. The van der Waals surface area contributed by atoms with Gasteiger partial charge in [0.1, 0.15) is 11.4 Å². The fraction of sp³-hybridized carbons (Fsp3) is 0.250. The topological polar surface area (TPSA) is 25.8 Å². The van der Waals surface area contributed by atoms with Crippen molar-refractivity contribution >= 4 is 33.3 Å². The monoisotopic (exact) mass is 196 g/mol. The first-order chi connectivity index (χ1) is 5.83. The highest BCUT2D eigenvalue weighted by atomic mass is 32.2. The minimum absolute atomic E-state index is 1.08. The van der Waals surface area contributed by atoms with Crippen molar-refractivity contribution in [1.29, 1.82) is 0 Å². The van der Waals surface area contributed by atoms with E-state index in [9.17, 15) is 0 Å². The smallest absolute Gasteiger partial charge is 0.117 e. The highest BCUT2D eigenvalue weighted by Crippen LogP contribution is 2.29. The van der Waals surface area contributed by atoms with E-state index < -0.39 is 0 Å². The van der Waals surface area contributed by atoms with E-state index >= 15 is 0 Å². The molecule has 2 heterocycles. The van der Waals surface area contributed by atoms with Crippen molar-refractivity contribution in [3.63, 3.8) is 0 Å². The van der Waals surface area contributed by atoms with Crippen molar-refractivity contribution in [2.45, 2.75) is 11.9 Å². The summed E-state index contributed by atoms with van der Waals surface area (Å²) < 4.78 is 1.21. The predicted octanol–water partition coefficient (Wildman–Crippen LogP) is 2.72. The minimum Gasteiger partial charge on any atom is -0.235 e. The lowest BCUT2D eigenvalue weighted by atomic mass is 10.3. The lowest BCUT2D eigenvalue weighted by molar-refractivity contribution is 1.11. The van der Waals surface area contributed by atoms with Gasteiger partial charge in [-0.05, 0) is 24.1 Å². The summed E-state index contributed by atoms with van der Waals surface area (Å²) in [7, 11) is 0. The fourth-order valence-corrected chi connectivity index (χ4v) is 2.81. The normalized spacial score (nSPS) is 10.8. The molecule has 0 radical (unpaired) electrons. The number of hydrogen-bond acceptors (Lipinski definition) is 4. The molecule has 2 aromatic rings. The SMILES string of the molecule is CSc1ncnc2c(C)csc12. The van der Waals surface area contributed by atoms with Gasteiger partial charge >= 0.3 is 0 Å². The minimum atomic E-state index is 1.08. The van der Waals surface area contributed by atoms with E-state index in [4.69, 9.17) is 0 Å². The molecule has 0 amide bonds. The third kappa shape index (κ3) is 1.11. The van der Waals surface area contributed by atoms with Gasteiger partial charge in [-0.3, -0.25) is 0 Å². The van der Waals surface area contributed by atoms with Gasteiger partial charge in [-0.2, -0.15) is 0 Å². The van der Waals surface area contributed by atoms with Crippen LogP contribution >= 0.6 is 23.1 Å². The number of rotatable bonds is 1. The quantitative estimate of drug-likeness (QED) is 0.518. The van der Waals surface area contributed by atoms with Crippen LogP contribution in [0.1, 0.15) is 5.56 Å². The second kappa shape index (κ2) is 3.03. The van der Waals surface area contributed by atoms with Gasteiger partial charge in [-0.25, -0.2) is 9.97 Å². The van der Waals surface area contributed by atoms with Gasteiger partial charge in [0, 0.05) is 0 Å². The van der Waals surface area contributed by atoms with Crippen molar-refractivity contribution < 1.29 is 0 Å². The van der Waals surface area contributed by atoms with Crippen LogP contribution in [0, 0.1) is 6.92 Å². The first-order valence-corrected chi connectivity index (χ1v) is 5.66. The predicted molar refractivity (Wildman–Crippen MR) is 53.9 cm³/mol. The highest BCUT2D eigenvalue weighted by Gasteiger charge is 2.05. The van der Waals surface area contributed by atoms with E-state index in [2.05, 4.69) is 22.3 Å². The van der Waals surface area contributed by atoms with E-state index in [0.717, 1.165) is 10.5 Å². The number of fused-ring (bicyclic) bond motifs is 1. The maximum Gasteiger partial charge on any atom is 0.117 e. The number of thioether (sulfide) groups is 1. The van der Waals surface area contributed by atoms with Gasteiger partial charge in [0.15, 0.2) is 0 Å². The Balaban J connectivity index is 2.81. The largest absolute Gasteiger partial charge is 0.235 e. The molecule has 0 atom stereocenters. The lowest BCUT2D eigenvalue weighted by Crippen LogP contribution is -1.82. The Labute approximate surface area is 79.0 Å². The Hall–Kier alpha value is -0.610. The molecule has 62 valence electrons. The first-order valence-electron chi connectivity index (χ1n) is 3.55. The van der Waals surface area contributed by atoms with Crippen LogP contribution < -0.4 is 0 Å². The van der Waals surface area contributed by atoms with Gasteiger partial charge in [-0.15, -0.1) is 23.1 Å². The lowest BCUT2D eigenvalue weighted by Gasteiger charge is -1.95. The molecule has 0 spiro atoms. The molecule has 0 saturated heterocycles. The molecular formula is C8H8N2S2.